The van der Waals surface area contributed by atoms with Crippen molar-refractivity contribution in [2.45, 2.75) is 13.0 Å². The third-order valence-electron chi connectivity index (χ3n) is 4.53. The zero-order chi connectivity index (χ0) is 21.3. The maximum Gasteiger partial charge on any atom is 0.322 e. The van der Waals surface area contributed by atoms with E-state index in [1.165, 1.54) is 0 Å². The van der Waals surface area contributed by atoms with Gasteiger partial charge in [0, 0.05) is 17.7 Å². The van der Waals surface area contributed by atoms with Crippen LogP contribution in [0.1, 0.15) is 24.2 Å². The molecule has 0 bridgehead atoms. The highest BCUT2D eigenvalue weighted by Gasteiger charge is 2.29. The third-order valence-corrected chi connectivity index (χ3v) is 4.53. The summed E-state index contributed by atoms with van der Waals surface area (Å²) >= 11 is 0. The van der Waals surface area contributed by atoms with E-state index in [0.717, 1.165) is 0 Å². The van der Waals surface area contributed by atoms with Gasteiger partial charge in [-0.25, -0.2) is 4.98 Å². The molecule has 2 aliphatic rings. The Balaban J connectivity index is 1.57. The zero-order valence-electron chi connectivity index (χ0n) is 16.0. The monoisotopic (exact) mass is 413 g/mol. The maximum atomic E-state index is 12.2. The molecule has 0 saturated carbocycles. The minimum absolute atomic E-state index is 0.112. The number of carboxylic acids is 1. The van der Waals surface area contributed by atoms with Gasteiger partial charge in [0.1, 0.15) is 31.2 Å². The molecule has 0 spiro atoms. The molecule has 1 aromatic heterocycles. The van der Waals surface area contributed by atoms with Crippen molar-refractivity contribution in [3.63, 3.8) is 0 Å². The van der Waals surface area contributed by atoms with Gasteiger partial charge in [0.2, 0.25) is 5.88 Å². The van der Waals surface area contributed by atoms with E-state index in [4.69, 9.17) is 19.3 Å². The SMILES string of the molecule is CC1NC(C(=O)NCC(=O)O)=C(O)c2ccc(Oc3ccc4c(c3)OCCO4)nc21. The molecule has 0 fully saturated rings. The molecular weight excluding hydrogens is 394 g/mol. The van der Waals surface area contributed by atoms with E-state index >= 15 is 0 Å². The lowest BCUT2D eigenvalue weighted by molar-refractivity contribution is -0.137. The van der Waals surface area contributed by atoms with Gasteiger partial charge < -0.3 is 35.1 Å². The number of carboxylic acid groups (broad SMARTS) is 1. The van der Waals surface area contributed by atoms with E-state index in [0.29, 0.717) is 47.6 Å². The van der Waals surface area contributed by atoms with Gasteiger partial charge in [-0.2, -0.15) is 0 Å². The first kappa shape index (κ1) is 19.4. The van der Waals surface area contributed by atoms with Gasteiger partial charge in [-0.1, -0.05) is 0 Å². The second-order valence-electron chi connectivity index (χ2n) is 6.66. The van der Waals surface area contributed by atoms with Crippen LogP contribution in [0.25, 0.3) is 5.76 Å². The molecule has 30 heavy (non-hydrogen) atoms. The number of benzene rings is 1. The maximum absolute atomic E-state index is 12.2. The van der Waals surface area contributed by atoms with Crippen molar-refractivity contribution in [1.29, 1.82) is 0 Å². The van der Waals surface area contributed by atoms with Gasteiger partial charge in [0.15, 0.2) is 17.3 Å². The Hall–Kier alpha value is -3.95. The van der Waals surface area contributed by atoms with Crippen LogP contribution in [-0.2, 0) is 9.59 Å². The summed E-state index contributed by atoms with van der Waals surface area (Å²) in [7, 11) is 0. The van der Waals surface area contributed by atoms with Crippen molar-refractivity contribution in [3.05, 3.63) is 47.3 Å². The number of hydrogen-bond acceptors (Lipinski definition) is 8. The van der Waals surface area contributed by atoms with E-state index in [1.807, 2.05) is 0 Å². The second-order valence-corrected chi connectivity index (χ2v) is 6.66. The predicted molar refractivity (Wildman–Crippen MR) is 103 cm³/mol. The van der Waals surface area contributed by atoms with Crippen LogP contribution in [0.2, 0.25) is 0 Å². The fourth-order valence-electron chi connectivity index (χ4n) is 3.16. The first-order valence-corrected chi connectivity index (χ1v) is 9.21. The summed E-state index contributed by atoms with van der Waals surface area (Å²) in [6, 6.07) is 7.93. The van der Waals surface area contributed by atoms with Crippen LogP contribution in [0.3, 0.4) is 0 Å². The van der Waals surface area contributed by atoms with E-state index in [-0.39, 0.29) is 11.5 Å². The van der Waals surface area contributed by atoms with Crippen molar-refractivity contribution in [2.24, 2.45) is 0 Å². The molecule has 4 rings (SSSR count). The van der Waals surface area contributed by atoms with Crippen LogP contribution >= 0.6 is 0 Å². The lowest BCUT2D eigenvalue weighted by Crippen LogP contribution is -2.38. The highest BCUT2D eigenvalue weighted by Crippen LogP contribution is 2.36. The summed E-state index contributed by atoms with van der Waals surface area (Å²) in [5.74, 6) is -0.177. The summed E-state index contributed by atoms with van der Waals surface area (Å²) in [6.45, 7) is 2.16. The number of hydrogen-bond donors (Lipinski definition) is 4. The van der Waals surface area contributed by atoms with Gasteiger partial charge in [-0.3, -0.25) is 9.59 Å². The summed E-state index contributed by atoms with van der Waals surface area (Å²) in [6.07, 6.45) is 0. The number of aliphatic carboxylic acids is 1. The standard InChI is InChI=1S/C20H19N3O7/c1-10-17-12(19(26)18(22-10)20(27)21-9-16(24)25)3-5-15(23-17)30-11-2-4-13-14(8-11)29-7-6-28-13/h2-5,8,10,22,26H,6-7,9H2,1H3,(H,21,27)(H,24,25). The van der Waals surface area contributed by atoms with E-state index < -0.39 is 24.5 Å². The van der Waals surface area contributed by atoms with Crippen LogP contribution in [0, 0.1) is 0 Å². The predicted octanol–water partition coefficient (Wildman–Crippen LogP) is 1.74. The first-order chi connectivity index (χ1) is 14.4. The molecule has 1 amide bonds. The van der Waals surface area contributed by atoms with Crippen molar-refractivity contribution < 1.29 is 34.0 Å². The minimum atomic E-state index is -1.18. The van der Waals surface area contributed by atoms with Gasteiger partial charge >= 0.3 is 5.97 Å². The van der Waals surface area contributed by atoms with Gasteiger partial charge in [-0.05, 0) is 25.1 Å². The average molecular weight is 413 g/mol. The van der Waals surface area contributed by atoms with Crippen LogP contribution < -0.4 is 24.8 Å². The second kappa shape index (κ2) is 7.82. The molecule has 10 nitrogen and oxygen atoms in total. The number of rotatable bonds is 5. The van der Waals surface area contributed by atoms with Gasteiger partial charge in [-0.15, -0.1) is 0 Å². The van der Waals surface area contributed by atoms with E-state index in [1.54, 1.807) is 37.3 Å². The molecule has 3 heterocycles. The molecule has 10 heteroatoms. The summed E-state index contributed by atoms with van der Waals surface area (Å²) in [4.78, 5) is 27.3. The van der Waals surface area contributed by atoms with Gasteiger partial charge in [0.25, 0.3) is 5.91 Å². The Morgan fingerprint density at radius 2 is 2.00 bits per heavy atom. The number of aliphatic hydroxyl groups is 1. The van der Waals surface area contributed by atoms with Gasteiger partial charge in [0.05, 0.1) is 11.7 Å². The number of nitrogens with one attached hydrogen (secondary N) is 2. The number of carbonyl (C=O) groups excluding carboxylic acids is 1. The molecule has 2 aromatic rings. The average Bonchev–Trinajstić information content (AvgIpc) is 2.74. The Kier molecular flexibility index (Phi) is 5.05. The number of aromatic nitrogens is 1. The van der Waals surface area contributed by atoms with E-state index in [9.17, 15) is 14.7 Å². The Morgan fingerprint density at radius 3 is 2.77 bits per heavy atom. The Bertz CT molecular complexity index is 1050. The zero-order valence-corrected chi connectivity index (χ0v) is 16.0. The fourth-order valence-corrected chi connectivity index (χ4v) is 3.16. The summed E-state index contributed by atoms with van der Waals surface area (Å²) in [5.41, 5.74) is 0.729. The molecule has 0 aliphatic carbocycles. The summed E-state index contributed by atoms with van der Waals surface area (Å²) < 4.78 is 16.8. The molecular formula is C20H19N3O7. The lowest BCUT2D eigenvalue weighted by Gasteiger charge is -2.26. The van der Waals surface area contributed by atoms with Crippen molar-refractivity contribution in [3.8, 4) is 23.1 Å². The lowest BCUT2D eigenvalue weighted by atomic mass is 10.0. The highest BCUT2D eigenvalue weighted by atomic mass is 16.6. The Morgan fingerprint density at radius 1 is 1.23 bits per heavy atom. The molecule has 156 valence electrons. The highest BCUT2D eigenvalue weighted by molar-refractivity contribution is 6.01. The molecule has 1 aromatic carbocycles. The van der Waals surface area contributed by atoms with Crippen LogP contribution in [0.15, 0.2) is 36.0 Å². The van der Waals surface area contributed by atoms with Crippen molar-refractivity contribution in [1.82, 2.24) is 15.6 Å². The van der Waals surface area contributed by atoms with Crippen LogP contribution in [0.5, 0.6) is 23.1 Å². The third kappa shape index (κ3) is 3.79. The van der Waals surface area contributed by atoms with E-state index in [2.05, 4.69) is 15.6 Å². The number of aliphatic hydroxyl groups excluding tert-OH is 1. The number of amides is 1. The molecule has 0 saturated heterocycles. The number of pyridine rings is 1. The first-order valence-electron chi connectivity index (χ1n) is 9.21. The minimum Gasteiger partial charge on any atom is -0.505 e. The normalized spacial score (nSPS) is 16.9. The number of ether oxygens (including phenoxy) is 3. The molecule has 1 atom stereocenters. The van der Waals surface area contributed by atoms with Crippen molar-refractivity contribution in [2.75, 3.05) is 19.8 Å². The van der Waals surface area contributed by atoms with Crippen LogP contribution in [0.4, 0.5) is 0 Å². The Labute approximate surface area is 171 Å². The van der Waals surface area contributed by atoms with Crippen molar-refractivity contribution >= 4 is 17.6 Å². The fraction of sp³-hybridized carbons (Fsp3) is 0.250. The largest absolute Gasteiger partial charge is 0.505 e. The molecule has 1 unspecified atom stereocenters. The molecule has 2 aliphatic heterocycles. The smallest absolute Gasteiger partial charge is 0.322 e. The number of carbonyl (C=O) groups is 2. The summed E-state index contributed by atoms with van der Waals surface area (Å²) in [5, 5.41) is 24.3. The molecule has 4 N–H and O–H groups in total. The van der Waals surface area contributed by atoms with Crippen LogP contribution in [-0.4, -0.2) is 46.8 Å². The number of nitrogens with zero attached hydrogens (tertiary/aromatic N) is 1. The number of fused-ring (bicyclic) bond motifs is 2. The topological polar surface area (TPSA) is 139 Å². The quantitative estimate of drug-likeness (QED) is 0.577. The molecule has 0 radical (unpaired) electrons.